The van der Waals surface area contributed by atoms with Crippen molar-refractivity contribution in [2.75, 3.05) is 42.9 Å². The van der Waals surface area contributed by atoms with Gasteiger partial charge in [0.15, 0.2) is 5.82 Å². The smallest absolute Gasteiger partial charge is 0.321 e. The van der Waals surface area contributed by atoms with Crippen LogP contribution >= 0.6 is 0 Å². The number of amides is 3. The van der Waals surface area contributed by atoms with Crippen LogP contribution in [-0.4, -0.2) is 59.4 Å². The lowest BCUT2D eigenvalue weighted by molar-refractivity contribution is 0.102. The van der Waals surface area contributed by atoms with Gasteiger partial charge in [0.2, 0.25) is 0 Å². The molecule has 1 saturated heterocycles. The zero-order valence-corrected chi connectivity index (χ0v) is 17.5. The maximum Gasteiger partial charge on any atom is 0.330 e. The Bertz CT molecular complexity index is 914. The number of nitrogens with one attached hydrogen (secondary N) is 1. The molecule has 7 nitrogen and oxygen atoms in total. The normalized spacial score (nSPS) is 16.5. The topological polar surface area (TPSA) is 68.8 Å². The third-order valence-electron chi connectivity index (χ3n) is 5.80. The number of unbranched alkanes of at least 4 members (excludes halogenated alkanes) is 3. The van der Waals surface area contributed by atoms with Gasteiger partial charge in [0, 0.05) is 33.8 Å². The van der Waals surface area contributed by atoms with Crippen molar-refractivity contribution < 1.29 is 11.0 Å². The SMILES string of the molecule is CCCCCCN1CCN(C(=O)N2c3ccccc3C(=O)Nc3cccnc32)CC1.[HH]. The second-order valence-corrected chi connectivity index (χ2v) is 7.85. The van der Waals surface area contributed by atoms with E-state index in [0.717, 1.165) is 19.6 Å². The molecule has 4 rings (SSSR count). The number of aromatic nitrogens is 1. The molecule has 1 N–H and O–H groups in total. The first-order valence-electron chi connectivity index (χ1n) is 10.9. The summed E-state index contributed by atoms with van der Waals surface area (Å²) in [7, 11) is 0. The first-order chi connectivity index (χ1) is 14.7. The van der Waals surface area contributed by atoms with Gasteiger partial charge in [-0.3, -0.25) is 9.69 Å². The van der Waals surface area contributed by atoms with Crippen molar-refractivity contribution in [2.24, 2.45) is 0 Å². The highest BCUT2D eigenvalue weighted by atomic mass is 16.2. The fourth-order valence-corrected chi connectivity index (χ4v) is 4.10. The molecule has 0 bridgehead atoms. The highest BCUT2D eigenvalue weighted by molar-refractivity contribution is 6.16. The van der Waals surface area contributed by atoms with E-state index in [9.17, 15) is 9.59 Å². The average molecular weight is 410 g/mol. The van der Waals surface area contributed by atoms with Crippen molar-refractivity contribution in [3.8, 4) is 0 Å². The molecule has 3 amide bonds. The van der Waals surface area contributed by atoms with E-state index in [0.29, 0.717) is 35.8 Å². The third kappa shape index (κ3) is 4.16. The summed E-state index contributed by atoms with van der Waals surface area (Å²) >= 11 is 0. The molecule has 0 spiro atoms. The Balaban J connectivity index is 0.00000272. The first-order valence-corrected chi connectivity index (χ1v) is 10.9. The molecule has 0 saturated carbocycles. The van der Waals surface area contributed by atoms with E-state index in [1.165, 1.54) is 25.7 Å². The second kappa shape index (κ2) is 9.26. The van der Waals surface area contributed by atoms with E-state index in [1.807, 2.05) is 17.0 Å². The Morgan fingerprint density at radius 3 is 2.67 bits per heavy atom. The molecule has 3 heterocycles. The van der Waals surface area contributed by atoms with Crippen LogP contribution in [0.4, 0.5) is 22.0 Å². The molecule has 1 fully saturated rings. The number of carbonyl (C=O) groups excluding carboxylic acids is 2. The first kappa shape index (κ1) is 20.3. The number of carbonyl (C=O) groups is 2. The fraction of sp³-hybridized carbons (Fsp3) is 0.435. The van der Waals surface area contributed by atoms with E-state index < -0.39 is 0 Å². The van der Waals surface area contributed by atoms with Gasteiger partial charge in [0.25, 0.3) is 5.91 Å². The van der Waals surface area contributed by atoms with Gasteiger partial charge in [-0.2, -0.15) is 0 Å². The molecule has 2 aliphatic rings. The van der Waals surface area contributed by atoms with Crippen LogP contribution in [0, 0.1) is 0 Å². The number of nitrogens with zero attached hydrogens (tertiary/aromatic N) is 4. The van der Waals surface area contributed by atoms with Gasteiger partial charge >= 0.3 is 6.03 Å². The molecule has 7 heteroatoms. The van der Waals surface area contributed by atoms with Crippen LogP contribution in [0.15, 0.2) is 42.6 Å². The van der Waals surface area contributed by atoms with Crippen LogP contribution in [-0.2, 0) is 0 Å². The molecule has 30 heavy (non-hydrogen) atoms. The molecule has 2 aliphatic heterocycles. The molecule has 1 aromatic carbocycles. The lowest BCUT2D eigenvalue weighted by Gasteiger charge is -2.37. The zero-order valence-electron chi connectivity index (χ0n) is 17.5. The predicted molar refractivity (Wildman–Crippen MR) is 120 cm³/mol. The molecule has 1 aromatic heterocycles. The number of benzene rings is 1. The lowest BCUT2D eigenvalue weighted by atomic mass is 10.1. The van der Waals surface area contributed by atoms with Gasteiger partial charge in [-0.05, 0) is 37.2 Å². The van der Waals surface area contributed by atoms with Gasteiger partial charge in [0.05, 0.1) is 16.9 Å². The van der Waals surface area contributed by atoms with E-state index in [1.54, 1.807) is 35.4 Å². The summed E-state index contributed by atoms with van der Waals surface area (Å²) in [6.45, 7) is 6.42. The molecule has 0 atom stereocenters. The summed E-state index contributed by atoms with van der Waals surface area (Å²) < 4.78 is 0. The Morgan fingerprint density at radius 1 is 1.07 bits per heavy atom. The number of rotatable bonds is 5. The van der Waals surface area contributed by atoms with Crippen LogP contribution in [0.25, 0.3) is 0 Å². The number of para-hydroxylation sites is 1. The summed E-state index contributed by atoms with van der Waals surface area (Å²) in [5.41, 5.74) is 1.58. The Morgan fingerprint density at radius 2 is 1.87 bits per heavy atom. The zero-order chi connectivity index (χ0) is 20.9. The highest BCUT2D eigenvalue weighted by Gasteiger charge is 2.33. The van der Waals surface area contributed by atoms with Crippen LogP contribution in [0.1, 0.15) is 44.4 Å². The van der Waals surface area contributed by atoms with Gasteiger partial charge in [-0.1, -0.05) is 38.3 Å². The number of urea groups is 1. The minimum Gasteiger partial charge on any atom is -0.321 e. The molecule has 2 aromatic rings. The summed E-state index contributed by atoms with van der Waals surface area (Å²) in [6.07, 6.45) is 6.65. The maximum atomic E-state index is 13.6. The van der Waals surface area contributed by atoms with Crippen molar-refractivity contribution in [3.05, 3.63) is 48.2 Å². The Labute approximate surface area is 179 Å². The summed E-state index contributed by atoms with van der Waals surface area (Å²) in [5, 5.41) is 2.88. The lowest BCUT2D eigenvalue weighted by Crippen LogP contribution is -2.52. The van der Waals surface area contributed by atoms with E-state index in [4.69, 9.17) is 0 Å². The summed E-state index contributed by atoms with van der Waals surface area (Å²) in [6, 6.07) is 10.6. The second-order valence-electron chi connectivity index (χ2n) is 7.85. The number of pyridine rings is 1. The summed E-state index contributed by atoms with van der Waals surface area (Å²) in [4.78, 5) is 36.6. The number of fused-ring (bicyclic) bond motifs is 2. The van der Waals surface area contributed by atoms with Crippen LogP contribution < -0.4 is 10.2 Å². The van der Waals surface area contributed by atoms with Gasteiger partial charge in [-0.25, -0.2) is 14.7 Å². The molecule has 0 radical (unpaired) electrons. The number of piperazine rings is 1. The third-order valence-corrected chi connectivity index (χ3v) is 5.80. The van der Waals surface area contributed by atoms with Crippen LogP contribution in [0.2, 0.25) is 0 Å². The van der Waals surface area contributed by atoms with Crippen LogP contribution in [0.3, 0.4) is 0 Å². The fourth-order valence-electron chi connectivity index (χ4n) is 4.10. The van der Waals surface area contributed by atoms with E-state index in [2.05, 4.69) is 22.1 Å². The molecule has 0 aliphatic carbocycles. The van der Waals surface area contributed by atoms with Crippen molar-refractivity contribution in [1.29, 1.82) is 0 Å². The van der Waals surface area contributed by atoms with Crippen molar-refractivity contribution >= 4 is 29.1 Å². The van der Waals surface area contributed by atoms with Crippen molar-refractivity contribution in [1.82, 2.24) is 14.8 Å². The maximum absolute atomic E-state index is 13.6. The minimum atomic E-state index is -0.230. The molecule has 0 unspecified atom stereocenters. The standard InChI is InChI=1S/C23H29N5O2.H2/c1-2-3-4-7-13-26-14-16-27(17-15-26)23(30)28-20-11-6-5-9-18(20)22(29)25-19-10-8-12-24-21(19)28;/h5-6,8-12H,2-4,7,13-17H2,1H3,(H,25,29);1H. The average Bonchev–Trinajstić information content (AvgIpc) is 2.91. The monoisotopic (exact) mass is 409 g/mol. The highest BCUT2D eigenvalue weighted by Crippen LogP contribution is 2.36. The molecule has 160 valence electrons. The quantitative estimate of drug-likeness (QED) is 0.746. The Kier molecular flexibility index (Phi) is 6.28. The number of hydrogen-bond donors (Lipinski definition) is 1. The summed E-state index contributed by atoms with van der Waals surface area (Å²) in [5.74, 6) is 0.231. The Hall–Kier alpha value is -2.93. The van der Waals surface area contributed by atoms with E-state index >= 15 is 0 Å². The molecular weight excluding hydrogens is 378 g/mol. The number of anilines is 3. The predicted octanol–water partition coefficient (Wildman–Crippen LogP) is 4.35. The van der Waals surface area contributed by atoms with Crippen LogP contribution in [0.5, 0.6) is 0 Å². The number of hydrogen-bond acceptors (Lipinski definition) is 4. The van der Waals surface area contributed by atoms with E-state index in [-0.39, 0.29) is 13.4 Å². The molecular formula is C23H31N5O2. The van der Waals surface area contributed by atoms with Gasteiger partial charge in [0.1, 0.15) is 0 Å². The van der Waals surface area contributed by atoms with Gasteiger partial charge < -0.3 is 10.2 Å². The van der Waals surface area contributed by atoms with Crippen molar-refractivity contribution in [2.45, 2.75) is 32.6 Å². The van der Waals surface area contributed by atoms with Crippen molar-refractivity contribution in [3.63, 3.8) is 0 Å². The largest absolute Gasteiger partial charge is 0.330 e. The van der Waals surface area contributed by atoms with Gasteiger partial charge in [-0.15, -0.1) is 0 Å². The minimum absolute atomic E-state index is 0.